The second kappa shape index (κ2) is 8.89. The van der Waals surface area contributed by atoms with Gasteiger partial charge in [0.2, 0.25) is 0 Å². The molecular weight excluding hydrogens is 465 g/mol. The van der Waals surface area contributed by atoms with E-state index in [9.17, 15) is 4.79 Å². The van der Waals surface area contributed by atoms with Gasteiger partial charge in [0.25, 0.3) is 0 Å². The molecular formula is C25H28FN7O3. The van der Waals surface area contributed by atoms with Gasteiger partial charge in [0.15, 0.2) is 17.4 Å². The van der Waals surface area contributed by atoms with E-state index in [0.29, 0.717) is 34.4 Å². The van der Waals surface area contributed by atoms with Crippen molar-refractivity contribution in [2.75, 3.05) is 25.1 Å². The number of aromatic nitrogens is 5. The van der Waals surface area contributed by atoms with Gasteiger partial charge in [0, 0.05) is 31.7 Å². The third-order valence-corrected chi connectivity index (χ3v) is 5.91. The minimum absolute atomic E-state index is 0.0271. The number of halogens is 1. The van der Waals surface area contributed by atoms with Crippen molar-refractivity contribution in [3.8, 4) is 17.1 Å². The number of nitrogens with one attached hydrogen (secondary N) is 1. The van der Waals surface area contributed by atoms with Crippen LogP contribution < -0.4 is 15.0 Å². The first kappa shape index (κ1) is 23.7. The molecule has 0 saturated carbocycles. The first-order valence-electron chi connectivity index (χ1n) is 11.7. The predicted octanol–water partition coefficient (Wildman–Crippen LogP) is 3.83. The number of carbonyl (C=O) groups is 1. The Morgan fingerprint density at radius 1 is 1.22 bits per heavy atom. The summed E-state index contributed by atoms with van der Waals surface area (Å²) in [6, 6.07) is 5.50. The standard InChI is InChI=1S/C25H28FN7O3/c1-25(2,3)36-24(34)28-15-8-9-33(13-15)19-7-6-17-18(29-19)11-27-23(30-17)16-10-14-12-32(4)31-21(14)20(26)22(16)35-5/h6-7,10-12,15H,8-9,13H2,1-5H3,(H,28,34). The van der Waals surface area contributed by atoms with Gasteiger partial charge < -0.3 is 19.7 Å². The highest BCUT2D eigenvalue weighted by molar-refractivity contribution is 5.88. The van der Waals surface area contributed by atoms with E-state index in [4.69, 9.17) is 14.5 Å². The largest absolute Gasteiger partial charge is 0.493 e. The van der Waals surface area contributed by atoms with Crippen LogP contribution in [0.25, 0.3) is 33.3 Å². The summed E-state index contributed by atoms with van der Waals surface area (Å²) in [5, 5.41) is 7.72. The molecule has 1 unspecified atom stereocenters. The number of hydrogen-bond donors (Lipinski definition) is 1. The number of fused-ring (bicyclic) bond motifs is 2. The molecule has 0 bridgehead atoms. The van der Waals surface area contributed by atoms with Crippen LogP contribution in [0.15, 0.2) is 30.6 Å². The molecule has 1 atom stereocenters. The normalized spacial score (nSPS) is 16.1. The quantitative estimate of drug-likeness (QED) is 0.457. The molecule has 36 heavy (non-hydrogen) atoms. The van der Waals surface area contributed by atoms with Crippen LogP contribution in [0, 0.1) is 5.82 Å². The molecule has 1 N–H and O–H groups in total. The molecule has 1 aliphatic heterocycles. The Morgan fingerprint density at radius 3 is 2.78 bits per heavy atom. The summed E-state index contributed by atoms with van der Waals surface area (Å²) in [6.07, 6.45) is 3.73. The van der Waals surface area contributed by atoms with Crippen LogP contribution in [0.1, 0.15) is 27.2 Å². The smallest absolute Gasteiger partial charge is 0.407 e. The maximum atomic E-state index is 15.1. The molecule has 3 aromatic heterocycles. The molecule has 1 amide bonds. The summed E-state index contributed by atoms with van der Waals surface area (Å²) >= 11 is 0. The Labute approximate surface area is 207 Å². The Bertz CT molecular complexity index is 1460. The lowest BCUT2D eigenvalue weighted by Crippen LogP contribution is -2.40. The van der Waals surface area contributed by atoms with E-state index in [1.54, 1.807) is 30.2 Å². The zero-order chi connectivity index (χ0) is 25.6. The van der Waals surface area contributed by atoms with Crippen molar-refractivity contribution in [1.29, 1.82) is 0 Å². The molecule has 10 nitrogen and oxygen atoms in total. The van der Waals surface area contributed by atoms with Crippen LogP contribution in [-0.4, -0.2) is 62.7 Å². The number of ether oxygens (including phenoxy) is 2. The number of pyridine rings is 1. The summed E-state index contributed by atoms with van der Waals surface area (Å²) in [5.41, 5.74) is 1.37. The van der Waals surface area contributed by atoms with Crippen molar-refractivity contribution in [2.24, 2.45) is 7.05 Å². The van der Waals surface area contributed by atoms with Gasteiger partial charge in [-0.25, -0.2) is 24.1 Å². The van der Waals surface area contributed by atoms with Crippen LogP contribution >= 0.6 is 0 Å². The van der Waals surface area contributed by atoms with E-state index < -0.39 is 17.5 Å². The number of amides is 1. The Kier molecular flexibility index (Phi) is 5.85. The predicted molar refractivity (Wildman–Crippen MR) is 134 cm³/mol. The first-order chi connectivity index (χ1) is 17.1. The van der Waals surface area contributed by atoms with Crippen LogP contribution in [0.3, 0.4) is 0 Å². The van der Waals surface area contributed by atoms with E-state index in [0.717, 1.165) is 18.8 Å². The van der Waals surface area contributed by atoms with Crippen LogP contribution in [-0.2, 0) is 11.8 Å². The van der Waals surface area contributed by atoms with Gasteiger partial charge in [-0.05, 0) is 45.4 Å². The van der Waals surface area contributed by atoms with Crippen molar-refractivity contribution >= 4 is 33.8 Å². The lowest BCUT2D eigenvalue weighted by molar-refractivity contribution is 0.0509. The lowest BCUT2D eigenvalue weighted by Gasteiger charge is -2.22. The van der Waals surface area contributed by atoms with E-state index in [2.05, 4.69) is 25.3 Å². The van der Waals surface area contributed by atoms with Gasteiger partial charge >= 0.3 is 6.09 Å². The first-order valence-corrected chi connectivity index (χ1v) is 11.7. The summed E-state index contributed by atoms with van der Waals surface area (Å²) < 4.78 is 27.3. The SMILES string of the molecule is COc1c(-c2ncc3nc(N4CCC(NC(=O)OC(C)(C)C)C4)ccc3n2)cc2cn(C)nc2c1F. The zero-order valence-electron chi connectivity index (χ0n) is 20.9. The monoisotopic (exact) mass is 493 g/mol. The third kappa shape index (κ3) is 4.60. The Morgan fingerprint density at radius 2 is 2.03 bits per heavy atom. The maximum Gasteiger partial charge on any atom is 0.407 e. The van der Waals surface area contributed by atoms with E-state index in [-0.39, 0.29) is 17.3 Å². The van der Waals surface area contributed by atoms with Crippen molar-refractivity contribution in [3.05, 3.63) is 36.4 Å². The molecule has 4 aromatic rings. The van der Waals surface area contributed by atoms with Crippen molar-refractivity contribution in [1.82, 2.24) is 30.0 Å². The average molecular weight is 494 g/mol. The molecule has 1 aliphatic rings. The number of carbonyl (C=O) groups excluding carboxylic acids is 1. The van der Waals surface area contributed by atoms with Gasteiger partial charge in [-0.3, -0.25) is 4.68 Å². The topological polar surface area (TPSA) is 107 Å². The van der Waals surface area contributed by atoms with Crippen LogP contribution in [0.4, 0.5) is 15.0 Å². The molecule has 5 rings (SSSR count). The van der Waals surface area contributed by atoms with E-state index in [1.807, 2.05) is 32.9 Å². The Balaban J connectivity index is 1.38. The fourth-order valence-electron chi connectivity index (χ4n) is 4.37. The van der Waals surface area contributed by atoms with Crippen molar-refractivity contribution < 1.29 is 18.7 Å². The summed E-state index contributed by atoms with van der Waals surface area (Å²) in [6.45, 7) is 6.88. The van der Waals surface area contributed by atoms with E-state index >= 15 is 4.39 Å². The van der Waals surface area contributed by atoms with Gasteiger partial charge in [-0.1, -0.05) is 0 Å². The fraction of sp³-hybridized carbons (Fsp3) is 0.400. The number of rotatable bonds is 4. The van der Waals surface area contributed by atoms with Gasteiger partial charge in [0.1, 0.15) is 22.5 Å². The van der Waals surface area contributed by atoms with Crippen LogP contribution in [0.2, 0.25) is 0 Å². The summed E-state index contributed by atoms with van der Waals surface area (Å²) in [5.74, 6) is 0.603. The molecule has 0 radical (unpaired) electrons. The second-order valence-electron chi connectivity index (χ2n) is 9.86. The highest BCUT2D eigenvalue weighted by Crippen LogP contribution is 2.36. The number of aryl methyl sites for hydroxylation is 1. The molecule has 11 heteroatoms. The number of anilines is 1. The van der Waals surface area contributed by atoms with Gasteiger partial charge in [-0.2, -0.15) is 5.10 Å². The minimum atomic E-state index is -0.550. The summed E-state index contributed by atoms with van der Waals surface area (Å²) in [4.78, 5) is 28.0. The van der Waals surface area contributed by atoms with Gasteiger partial charge in [-0.15, -0.1) is 0 Å². The number of alkyl carbamates (subject to hydrolysis) is 1. The molecule has 1 saturated heterocycles. The van der Waals surface area contributed by atoms with Gasteiger partial charge in [0.05, 0.1) is 30.4 Å². The van der Waals surface area contributed by atoms with Crippen LogP contribution in [0.5, 0.6) is 5.75 Å². The molecule has 1 aromatic carbocycles. The highest BCUT2D eigenvalue weighted by atomic mass is 19.1. The summed E-state index contributed by atoms with van der Waals surface area (Å²) in [7, 11) is 3.14. The van der Waals surface area contributed by atoms with Crippen molar-refractivity contribution in [3.63, 3.8) is 0 Å². The number of nitrogens with zero attached hydrogens (tertiary/aromatic N) is 6. The molecule has 0 spiro atoms. The fourth-order valence-corrected chi connectivity index (χ4v) is 4.37. The minimum Gasteiger partial charge on any atom is -0.493 e. The van der Waals surface area contributed by atoms with E-state index in [1.165, 1.54) is 7.11 Å². The molecule has 4 heterocycles. The molecule has 1 fully saturated rings. The van der Waals surface area contributed by atoms with Crippen molar-refractivity contribution in [2.45, 2.75) is 38.8 Å². The lowest BCUT2D eigenvalue weighted by atomic mass is 10.1. The number of benzene rings is 1. The zero-order valence-corrected chi connectivity index (χ0v) is 20.9. The molecule has 0 aliphatic carbocycles. The number of hydrogen-bond acceptors (Lipinski definition) is 8. The third-order valence-electron chi connectivity index (χ3n) is 5.91. The maximum absolute atomic E-state index is 15.1. The number of methoxy groups -OCH3 is 1. The average Bonchev–Trinajstić information content (AvgIpc) is 3.43. The Hall–Kier alpha value is -4.02. The second-order valence-corrected chi connectivity index (χ2v) is 9.86. The highest BCUT2D eigenvalue weighted by Gasteiger charge is 2.27. The molecule has 188 valence electrons.